The van der Waals surface area contributed by atoms with Gasteiger partial charge in [0.15, 0.2) is 0 Å². The second-order valence-electron chi connectivity index (χ2n) is 4.56. The number of nitrogens with zero attached hydrogens (tertiary/aromatic N) is 1. The predicted octanol–water partition coefficient (Wildman–Crippen LogP) is 1.51. The molecule has 98 valence electrons. The molecule has 1 aromatic rings. The number of carbonyl (C=O) groups excluding carboxylic acids is 1. The van der Waals surface area contributed by atoms with Gasteiger partial charge in [-0.15, -0.1) is 0 Å². The van der Waals surface area contributed by atoms with Gasteiger partial charge in [-0.05, 0) is 28.3 Å². The molecular formula is C12H15BrN2O3. The first-order chi connectivity index (χ1) is 8.49. The van der Waals surface area contributed by atoms with Crippen LogP contribution in [0.1, 0.15) is 13.3 Å². The lowest BCUT2D eigenvalue weighted by Gasteiger charge is -2.14. The van der Waals surface area contributed by atoms with Crippen LogP contribution in [0.2, 0.25) is 0 Å². The van der Waals surface area contributed by atoms with E-state index in [1.165, 1.54) is 0 Å². The molecular weight excluding hydrogens is 300 g/mol. The van der Waals surface area contributed by atoms with Gasteiger partial charge in [-0.1, -0.05) is 6.92 Å². The van der Waals surface area contributed by atoms with E-state index in [1.54, 1.807) is 24.0 Å². The number of aromatic nitrogens is 1. The van der Waals surface area contributed by atoms with Crippen LogP contribution >= 0.6 is 15.9 Å². The molecule has 0 aliphatic carbocycles. The summed E-state index contributed by atoms with van der Waals surface area (Å²) in [4.78, 5) is 23.8. The number of aryl methyl sites for hydroxylation is 1. The first-order valence-electron chi connectivity index (χ1n) is 5.77. The third-order valence-corrected chi connectivity index (χ3v) is 3.58. The Bertz CT molecular complexity index is 527. The van der Waals surface area contributed by atoms with Gasteiger partial charge in [0.2, 0.25) is 5.43 Å². The fraction of sp³-hybridized carbons (Fsp3) is 0.500. The van der Waals surface area contributed by atoms with Crippen molar-refractivity contribution in [1.29, 1.82) is 0 Å². The van der Waals surface area contributed by atoms with Crippen LogP contribution in [-0.2, 0) is 16.6 Å². The molecule has 1 fully saturated rings. The van der Waals surface area contributed by atoms with Crippen molar-refractivity contribution in [2.24, 2.45) is 13.0 Å². The Labute approximate surface area is 113 Å². The number of carbonyl (C=O) groups is 1. The molecule has 0 aromatic carbocycles. The Balaban J connectivity index is 2.19. The van der Waals surface area contributed by atoms with Gasteiger partial charge in [-0.2, -0.15) is 0 Å². The minimum absolute atomic E-state index is 0.181. The highest BCUT2D eigenvalue weighted by Crippen LogP contribution is 2.21. The lowest BCUT2D eigenvalue weighted by molar-refractivity contribution is -0.126. The number of nitrogens with one attached hydrogen (secondary N) is 1. The lowest BCUT2D eigenvalue weighted by Crippen LogP contribution is -2.33. The molecule has 1 saturated heterocycles. The fourth-order valence-corrected chi connectivity index (χ4v) is 2.53. The quantitative estimate of drug-likeness (QED) is 0.900. The average molecular weight is 315 g/mol. The maximum Gasteiger partial charge on any atom is 0.253 e. The average Bonchev–Trinajstić information content (AvgIpc) is 2.71. The van der Waals surface area contributed by atoms with Crippen molar-refractivity contribution >= 4 is 27.5 Å². The van der Waals surface area contributed by atoms with Gasteiger partial charge in [0.1, 0.15) is 11.8 Å². The molecule has 18 heavy (non-hydrogen) atoms. The molecule has 2 rings (SSSR count). The van der Waals surface area contributed by atoms with Gasteiger partial charge >= 0.3 is 0 Å². The number of hydrogen-bond donors (Lipinski definition) is 1. The molecule has 0 saturated carbocycles. The van der Waals surface area contributed by atoms with Gasteiger partial charge < -0.3 is 14.6 Å². The number of pyridine rings is 1. The van der Waals surface area contributed by atoms with Gasteiger partial charge in [-0.3, -0.25) is 9.59 Å². The van der Waals surface area contributed by atoms with Crippen LogP contribution in [0.5, 0.6) is 0 Å². The van der Waals surface area contributed by atoms with Crippen LogP contribution < -0.4 is 10.7 Å². The van der Waals surface area contributed by atoms with Crippen LogP contribution in [0, 0.1) is 5.92 Å². The van der Waals surface area contributed by atoms with Crippen molar-refractivity contribution in [3.05, 3.63) is 27.1 Å². The molecule has 2 atom stereocenters. The summed E-state index contributed by atoms with van der Waals surface area (Å²) in [7, 11) is 1.79. The molecule has 0 bridgehead atoms. The molecule has 0 unspecified atom stereocenters. The fourth-order valence-electron chi connectivity index (χ4n) is 1.99. The minimum atomic E-state index is -0.464. The third kappa shape index (κ3) is 2.64. The molecule has 0 spiro atoms. The minimum Gasteiger partial charge on any atom is -0.368 e. The number of anilines is 1. The Morgan fingerprint density at radius 2 is 2.28 bits per heavy atom. The van der Waals surface area contributed by atoms with Crippen molar-refractivity contribution in [3.8, 4) is 0 Å². The number of rotatable bonds is 2. The topological polar surface area (TPSA) is 60.3 Å². The van der Waals surface area contributed by atoms with Crippen LogP contribution in [0.25, 0.3) is 0 Å². The zero-order chi connectivity index (χ0) is 13.3. The summed E-state index contributed by atoms with van der Waals surface area (Å²) < 4.78 is 7.49. The van der Waals surface area contributed by atoms with Crippen LogP contribution in [0.4, 0.5) is 5.69 Å². The zero-order valence-corrected chi connectivity index (χ0v) is 11.9. The van der Waals surface area contributed by atoms with E-state index in [4.69, 9.17) is 4.74 Å². The predicted molar refractivity (Wildman–Crippen MR) is 71.5 cm³/mol. The summed E-state index contributed by atoms with van der Waals surface area (Å²) in [5.41, 5.74) is 0.0340. The SMILES string of the molecule is C[C@H]1CCO[C@@H]1C(=O)Nc1cn(C)cc(Br)c1=O. The second-order valence-corrected chi connectivity index (χ2v) is 5.42. The summed E-state index contributed by atoms with van der Waals surface area (Å²) in [6.45, 7) is 2.56. The first kappa shape index (κ1) is 13.3. The molecule has 5 nitrogen and oxygen atoms in total. The van der Waals surface area contributed by atoms with E-state index in [2.05, 4.69) is 21.2 Å². The highest BCUT2D eigenvalue weighted by Gasteiger charge is 2.31. The Morgan fingerprint density at radius 3 is 2.89 bits per heavy atom. The standard InChI is InChI=1S/C12H15BrN2O3/c1-7-3-4-18-11(7)12(17)14-9-6-15(2)5-8(13)10(9)16/h5-7,11H,3-4H2,1-2H3,(H,14,17)/t7-,11-/m0/s1. The number of amides is 1. The van der Waals surface area contributed by atoms with Crippen LogP contribution in [-0.4, -0.2) is 23.2 Å². The van der Waals surface area contributed by atoms with E-state index in [0.29, 0.717) is 11.1 Å². The van der Waals surface area contributed by atoms with Crippen molar-refractivity contribution in [3.63, 3.8) is 0 Å². The van der Waals surface area contributed by atoms with Gasteiger partial charge in [0.05, 0.1) is 4.47 Å². The summed E-state index contributed by atoms with van der Waals surface area (Å²) >= 11 is 3.17. The van der Waals surface area contributed by atoms with Crippen molar-refractivity contribution in [1.82, 2.24) is 4.57 Å². The number of hydrogen-bond acceptors (Lipinski definition) is 3. The maximum atomic E-state index is 12.0. The summed E-state index contributed by atoms with van der Waals surface area (Å²) in [5.74, 6) is -0.0730. The molecule has 1 aliphatic heterocycles. The summed E-state index contributed by atoms with van der Waals surface area (Å²) in [6, 6.07) is 0. The van der Waals surface area contributed by atoms with E-state index in [-0.39, 0.29) is 22.9 Å². The molecule has 1 N–H and O–H groups in total. The maximum absolute atomic E-state index is 12.0. The third-order valence-electron chi connectivity index (χ3n) is 3.01. The van der Waals surface area contributed by atoms with E-state index in [0.717, 1.165) is 6.42 Å². The van der Waals surface area contributed by atoms with E-state index in [1.807, 2.05) is 6.92 Å². The Hall–Kier alpha value is -1.14. The van der Waals surface area contributed by atoms with E-state index in [9.17, 15) is 9.59 Å². The highest BCUT2D eigenvalue weighted by molar-refractivity contribution is 9.10. The largest absolute Gasteiger partial charge is 0.368 e. The van der Waals surface area contributed by atoms with E-state index < -0.39 is 6.10 Å². The van der Waals surface area contributed by atoms with E-state index >= 15 is 0 Å². The molecule has 6 heteroatoms. The number of ether oxygens (including phenoxy) is 1. The van der Waals surface area contributed by atoms with Crippen molar-refractivity contribution < 1.29 is 9.53 Å². The van der Waals surface area contributed by atoms with Gasteiger partial charge in [0, 0.05) is 26.0 Å². The summed E-state index contributed by atoms with van der Waals surface area (Å²) in [6.07, 6.45) is 3.64. The number of halogens is 1. The normalized spacial score (nSPS) is 23.1. The lowest BCUT2D eigenvalue weighted by atomic mass is 10.0. The molecule has 1 aliphatic rings. The van der Waals surface area contributed by atoms with Crippen LogP contribution in [0.3, 0.4) is 0 Å². The monoisotopic (exact) mass is 314 g/mol. The Morgan fingerprint density at radius 1 is 1.56 bits per heavy atom. The van der Waals surface area contributed by atoms with Crippen molar-refractivity contribution in [2.75, 3.05) is 11.9 Å². The van der Waals surface area contributed by atoms with Crippen LogP contribution in [0.15, 0.2) is 21.7 Å². The zero-order valence-electron chi connectivity index (χ0n) is 10.3. The summed E-state index contributed by atoms with van der Waals surface area (Å²) in [5, 5.41) is 2.64. The molecule has 2 heterocycles. The smallest absolute Gasteiger partial charge is 0.253 e. The van der Waals surface area contributed by atoms with Gasteiger partial charge in [0.25, 0.3) is 5.91 Å². The first-order valence-corrected chi connectivity index (χ1v) is 6.56. The second kappa shape index (κ2) is 5.24. The molecule has 1 aromatic heterocycles. The van der Waals surface area contributed by atoms with Gasteiger partial charge in [-0.25, -0.2) is 0 Å². The highest BCUT2D eigenvalue weighted by atomic mass is 79.9. The Kier molecular flexibility index (Phi) is 3.87. The molecule has 1 amide bonds. The van der Waals surface area contributed by atoms with Crippen molar-refractivity contribution in [2.45, 2.75) is 19.4 Å². The molecule has 0 radical (unpaired) electrons.